The predicted octanol–water partition coefficient (Wildman–Crippen LogP) is 2.68. The Hall–Kier alpha value is -1.42. The molecule has 1 aliphatic rings. The molecule has 0 unspecified atom stereocenters. The molecular formula is C14H20FN3. The Kier molecular flexibility index (Phi) is 4.31. The minimum absolute atomic E-state index is 0.245. The molecule has 3 N–H and O–H groups in total. The van der Waals surface area contributed by atoms with Gasteiger partial charge in [-0.2, -0.15) is 0 Å². The van der Waals surface area contributed by atoms with E-state index in [0.717, 1.165) is 12.8 Å². The minimum Gasteiger partial charge on any atom is -0.308 e. The average molecular weight is 249 g/mol. The topological polar surface area (TPSA) is 50.4 Å². The van der Waals surface area contributed by atoms with E-state index in [4.69, 9.17) is 5.84 Å². The van der Waals surface area contributed by atoms with E-state index in [9.17, 15) is 4.39 Å². The first kappa shape index (κ1) is 13.0. The van der Waals surface area contributed by atoms with Gasteiger partial charge in [0.25, 0.3) is 0 Å². The fourth-order valence-corrected chi connectivity index (χ4v) is 2.41. The number of hydrazine groups is 1. The molecule has 4 heteroatoms. The predicted molar refractivity (Wildman–Crippen MR) is 71.9 cm³/mol. The second kappa shape index (κ2) is 5.96. The summed E-state index contributed by atoms with van der Waals surface area (Å²) in [6.45, 7) is 1.74. The van der Waals surface area contributed by atoms with Crippen molar-refractivity contribution in [2.24, 2.45) is 10.8 Å². The van der Waals surface area contributed by atoms with E-state index in [1.54, 1.807) is 19.1 Å². The molecule has 3 nitrogen and oxygen atoms in total. The van der Waals surface area contributed by atoms with Gasteiger partial charge in [-0.1, -0.05) is 31.4 Å². The van der Waals surface area contributed by atoms with Crippen LogP contribution in [-0.4, -0.2) is 11.9 Å². The Morgan fingerprint density at radius 3 is 2.72 bits per heavy atom. The highest BCUT2D eigenvalue weighted by atomic mass is 19.1. The highest BCUT2D eigenvalue weighted by Crippen LogP contribution is 2.21. The number of halogens is 1. The molecule has 1 aromatic carbocycles. The van der Waals surface area contributed by atoms with E-state index in [1.165, 1.54) is 19.3 Å². The van der Waals surface area contributed by atoms with Crippen LogP contribution in [0.1, 0.15) is 43.2 Å². The zero-order valence-electron chi connectivity index (χ0n) is 10.7. The van der Waals surface area contributed by atoms with E-state index < -0.39 is 0 Å². The molecule has 0 spiro atoms. The van der Waals surface area contributed by atoms with E-state index >= 15 is 0 Å². The van der Waals surface area contributed by atoms with Crippen LogP contribution in [0.4, 0.5) is 4.39 Å². The number of aliphatic imine (C=N–C) groups is 1. The number of benzene rings is 1. The highest BCUT2D eigenvalue weighted by molar-refractivity contribution is 5.98. The van der Waals surface area contributed by atoms with Crippen LogP contribution >= 0.6 is 0 Å². The Labute approximate surface area is 107 Å². The van der Waals surface area contributed by atoms with E-state index in [2.05, 4.69) is 10.4 Å². The van der Waals surface area contributed by atoms with Crippen LogP contribution in [0.25, 0.3) is 0 Å². The molecule has 0 aliphatic heterocycles. The van der Waals surface area contributed by atoms with Crippen LogP contribution in [0.3, 0.4) is 0 Å². The first-order valence-corrected chi connectivity index (χ1v) is 6.52. The van der Waals surface area contributed by atoms with Crippen molar-refractivity contribution in [3.63, 3.8) is 0 Å². The number of amidine groups is 1. The zero-order chi connectivity index (χ0) is 13.0. The summed E-state index contributed by atoms with van der Waals surface area (Å²) in [5.74, 6) is 5.71. The fourth-order valence-electron chi connectivity index (χ4n) is 2.41. The van der Waals surface area contributed by atoms with Gasteiger partial charge in [0.15, 0.2) is 0 Å². The monoisotopic (exact) mass is 249 g/mol. The molecule has 1 aliphatic carbocycles. The number of rotatable bonds is 2. The second-order valence-electron chi connectivity index (χ2n) is 4.85. The second-order valence-corrected chi connectivity index (χ2v) is 4.85. The number of nitrogens with two attached hydrogens (primary N) is 1. The lowest BCUT2D eigenvalue weighted by atomic mass is 9.96. The first-order chi connectivity index (χ1) is 8.72. The lowest BCUT2D eigenvalue weighted by Crippen LogP contribution is -2.33. The van der Waals surface area contributed by atoms with E-state index in [-0.39, 0.29) is 11.9 Å². The van der Waals surface area contributed by atoms with Crippen molar-refractivity contribution >= 4 is 5.84 Å². The summed E-state index contributed by atoms with van der Waals surface area (Å²) >= 11 is 0. The van der Waals surface area contributed by atoms with Crippen molar-refractivity contribution < 1.29 is 4.39 Å². The quantitative estimate of drug-likeness (QED) is 0.366. The Morgan fingerprint density at radius 2 is 2.06 bits per heavy atom. The molecule has 1 fully saturated rings. The van der Waals surface area contributed by atoms with Crippen LogP contribution in [0, 0.1) is 12.7 Å². The Bertz CT molecular complexity index is 437. The van der Waals surface area contributed by atoms with Crippen LogP contribution in [0.5, 0.6) is 0 Å². The van der Waals surface area contributed by atoms with Gasteiger partial charge in [0.2, 0.25) is 0 Å². The molecule has 0 radical (unpaired) electrons. The maximum absolute atomic E-state index is 14.0. The fraction of sp³-hybridized carbons (Fsp3) is 0.500. The molecule has 0 amide bonds. The third-order valence-electron chi connectivity index (χ3n) is 3.47. The van der Waals surface area contributed by atoms with E-state index in [1.807, 2.05) is 6.07 Å². The third kappa shape index (κ3) is 2.88. The number of nitrogens with one attached hydrogen (secondary N) is 1. The van der Waals surface area contributed by atoms with Gasteiger partial charge in [-0.3, -0.25) is 4.99 Å². The van der Waals surface area contributed by atoms with Crippen LogP contribution < -0.4 is 11.3 Å². The van der Waals surface area contributed by atoms with Gasteiger partial charge in [0.1, 0.15) is 11.7 Å². The standard InChI is InChI=1S/C14H20FN3/c1-10-6-5-9-12(13(10)15)14(18-16)17-11-7-3-2-4-8-11/h5-6,9,11H,2-4,7-8,16H2,1H3,(H,17,18). The summed E-state index contributed by atoms with van der Waals surface area (Å²) in [7, 11) is 0. The summed E-state index contributed by atoms with van der Waals surface area (Å²) in [4.78, 5) is 4.57. The molecule has 98 valence electrons. The number of aryl methyl sites for hydroxylation is 1. The maximum atomic E-state index is 14.0. The summed E-state index contributed by atoms with van der Waals surface area (Å²) < 4.78 is 14.0. The molecule has 1 saturated carbocycles. The summed E-state index contributed by atoms with van der Waals surface area (Å²) in [6.07, 6.45) is 5.80. The van der Waals surface area contributed by atoms with Crippen molar-refractivity contribution in [1.82, 2.24) is 5.43 Å². The Morgan fingerprint density at radius 1 is 1.33 bits per heavy atom. The van der Waals surface area contributed by atoms with Crippen molar-refractivity contribution in [1.29, 1.82) is 0 Å². The molecule has 2 rings (SSSR count). The highest BCUT2D eigenvalue weighted by Gasteiger charge is 2.16. The smallest absolute Gasteiger partial charge is 0.145 e. The molecular weight excluding hydrogens is 229 g/mol. The number of nitrogens with zero attached hydrogens (tertiary/aromatic N) is 1. The minimum atomic E-state index is -0.245. The van der Waals surface area contributed by atoms with Crippen molar-refractivity contribution in [3.8, 4) is 0 Å². The molecule has 0 aromatic heterocycles. The summed E-state index contributed by atoms with van der Waals surface area (Å²) in [5.41, 5.74) is 3.62. The zero-order valence-corrected chi connectivity index (χ0v) is 10.7. The summed E-state index contributed by atoms with van der Waals surface area (Å²) in [6, 6.07) is 5.54. The van der Waals surface area contributed by atoms with Crippen LogP contribution in [-0.2, 0) is 0 Å². The summed E-state index contributed by atoms with van der Waals surface area (Å²) in [5, 5.41) is 0. The van der Waals surface area contributed by atoms with Gasteiger partial charge in [-0.25, -0.2) is 10.2 Å². The number of hydrogen-bond acceptors (Lipinski definition) is 2. The maximum Gasteiger partial charge on any atom is 0.145 e. The van der Waals surface area contributed by atoms with Crippen molar-refractivity contribution in [2.75, 3.05) is 0 Å². The van der Waals surface area contributed by atoms with Gasteiger partial charge < -0.3 is 5.43 Å². The third-order valence-corrected chi connectivity index (χ3v) is 3.47. The molecule has 0 bridgehead atoms. The SMILES string of the molecule is Cc1cccc(C(=NC2CCCCC2)NN)c1F. The van der Waals surface area contributed by atoms with Crippen molar-refractivity contribution in [2.45, 2.75) is 45.1 Å². The first-order valence-electron chi connectivity index (χ1n) is 6.52. The average Bonchev–Trinajstić information content (AvgIpc) is 2.41. The molecule has 1 aromatic rings. The molecule has 0 saturated heterocycles. The molecule has 18 heavy (non-hydrogen) atoms. The lowest BCUT2D eigenvalue weighted by Gasteiger charge is -2.19. The Balaban J connectivity index is 2.26. The van der Waals surface area contributed by atoms with Gasteiger partial charge in [-0.15, -0.1) is 0 Å². The van der Waals surface area contributed by atoms with Gasteiger partial charge >= 0.3 is 0 Å². The van der Waals surface area contributed by atoms with Crippen LogP contribution in [0.2, 0.25) is 0 Å². The van der Waals surface area contributed by atoms with Gasteiger partial charge in [-0.05, 0) is 31.4 Å². The normalized spacial score (nSPS) is 17.8. The van der Waals surface area contributed by atoms with Crippen LogP contribution in [0.15, 0.2) is 23.2 Å². The largest absolute Gasteiger partial charge is 0.308 e. The molecule has 0 atom stereocenters. The van der Waals surface area contributed by atoms with Crippen molar-refractivity contribution in [3.05, 3.63) is 35.1 Å². The van der Waals surface area contributed by atoms with Gasteiger partial charge in [0.05, 0.1) is 11.6 Å². The lowest BCUT2D eigenvalue weighted by molar-refractivity contribution is 0.442. The van der Waals surface area contributed by atoms with Gasteiger partial charge in [0, 0.05) is 0 Å². The molecule has 0 heterocycles. The van der Waals surface area contributed by atoms with E-state index in [0.29, 0.717) is 17.0 Å². The number of hydrogen-bond donors (Lipinski definition) is 2.